The van der Waals surface area contributed by atoms with Crippen molar-refractivity contribution in [3.05, 3.63) is 22.5 Å². The van der Waals surface area contributed by atoms with Crippen LogP contribution in [0.15, 0.2) is 16.9 Å². The van der Waals surface area contributed by atoms with Gasteiger partial charge in [0, 0.05) is 19.2 Å². The predicted octanol–water partition coefficient (Wildman–Crippen LogP) is 0.328. The van der Waals surface area contributed by atoms with Gasteiger partial charge in [-0.2, -0.15) is 5.10 Å². The Bertz CT molecular complexity index is 473. The fourth-order valence-electron chi connectivity index (χ4n) is 2.16. The van der Waals surface area contributed by atoms with Crippen LogP contribution in [-0.4, -0.2) is 59.3 Å². The summed E-state index contributed by atoms with van der Waals surface area (Å²) in [7, 11) is 3.87. The van der Waals surface area contributed by atoms with Crippen LogP contribution in [0.5, 0.6) is 0 Å². The molecule has 1 saturated heterocycles. The van der Waals surface area contributed by atoms with Gasteiger partial charge in [-0.05, 0) is 39.0 Å². The van der Waals surface area contributed by atoms with Crippen LogP contribution < -0.4 is 10.9 Å². The lowest BCUT2D eigenvalue weighted by Crippen LogP contribution is -2.46. The predicted molar refractivity (Wildman–Crippen MR) is 72.2 cm³/mol. The highest BCUT2D eigenvalue weighted by Gasteiger charge is 2.24. The number of piperidine rings is 1. The quantitative estimate of drug-likeness (QED) is 0.807. The van der Waals surface area contributed by atoms with E-state index in [1.807, 2.05) is 0 Å². The minimum Gasteiger partial charge on any atom is -0.324 e. The maximum Gasteiger partial charge on any atom is 0.323 e. The van der Waals surface area contributed by atoms with Crippen molar-refractivity contribution in [2.24, 2.45) is 0 Å². The van der Waals surface area contributed by atoms with E-state index >= 15 is 0 Å². The van der Waals surface area contributed by atoms with Crippen LogP contribution in [0.4, 0.5) is 10.6 Å². The third kappa shape index (κ3) is 3.54. The lowest BCUT2D eigenvalue weighted by molar-refractivity contribution is 0.156. The van der Waals surface area contributed by atoms with Crippen molar-refractivity contribution in [1.82, 2.24) is 20.0 Å². The van der Waals surface area contributed by atoms with Gasteiger partial charge in [0.1, 0.15) is 0 Å². The molecule has 0 radical (unpaired) electrons. The van der Waals surface area contributed by atoms with Gasteiger partial charge in [0.05, 0.1) is 0 Å². The zero-order valence-electron chi connectivity index (χ0n) is 11.2. The van der Waals surface area contributed by atoms with Crippen LogP contribution in [-0.2, 0) is 0 Å². The number of rotatable bonds is 2. The summed E-state index contributed by atoms with van der Waals surface area (Å²) in [5, 5.41) is 8.71. The smallest absolute Gasteiger partial charge is 0.323 e. The Morgan fingerprint density at radius 3 is 2.74 bits per heavy atom. The third-order valence-electron chi connectivity index (χ3n) is 3.47. The highest BCUT2D eigenvalue weighted by molar-refractivity contribution is 5.88. The Labute approximate surface area is 111 Å². The molecule has 0 bridgehead atoms. The molecule has 0 unspecified atom stereocenters. The number of aromatic nitrogens is 2. The molecule has 19 heavy (non-hydrogen) atoms. The number of nitrogens with zero attached hydrogens (tertiary/aromatic N) is 3. The normalized spacial score (nSPS) is 17.2. The van der Waals surface area contributed by atoms with Gasteiger partial charge in [0.2, 0.25) is 0 Å². The van der Waals surface area contributed by atoms with E-state index in [-0.39, 0.29) is 17.6 Å². The molecule has 7 heteroatoms. The maximum absolute atomic E-state index is 12.0. The molecular weight excluding hydrogens is 246 g/mol. The van der Waals surface area contributed by atoms with Crippen LogP contribution in [0.25, 0.3) is 0 Å². The number of H-pyrrole nitrogens is 1. The van der Waals surface area contributed by atoms with E-state index in [9.17, 15) is 9.59 Å². The first-order chi connectivity index (χ1) is 9.06. The first-order valence-corrected chi connectivity index (χ1v) is 6.34. The Balaban J connectivity index is 1.92. The number of anilines is 1. The first kappa shape index (κ1) is 13.5. The number of hydrogen-bond acceptors (Lipinski definition) is 4. The second-order valence-corrected chi connectivity index (χ2v) is 4.88. The van der Waals surface area contributed by atoms with E-state index in [4.69, 9.17) is 0 Å². The Kier molecular flexibility index (Phi) is 4.16. The summed E-state index contributed by atoms with van der Waals surface area (Å²) in [6.07, 6.45) is 1.94. The summed E-state index contributed by atoms with van der Waals surface area (Å²) >= 11 is 0. The number of urea groups is 1. The molecule has 0 atom stereocenters. The standard InChI is InChI=1S/C12H19N5O2/c1-16-7-5-9(6-8-16)17(2)12(19)13-10-3-4-11(18)15-14-10/h3-4,9H,5-8H2,1-2H3,(H,15,18)(H,13,14,19). The van der Waals surface area contributed by atoms with E-state index in [1.165, 1.54) is 12.1 Å². The van der Waals surface area contributed by atoms with Crippen LogP contribution >= 0.6 is 0 Å². The van der Waals surface area contributed by atoms with Crippen molar-refractivity contribution in [3.8, 4) is 0 Å². The number of carbonyl (C=O) groups is 1. The number of hydrogen-bond donors (Lipinski definition) is 2. The number of aromatic amines is 1. The minimum absolute atomic E-state index is 0.200. The summed E-state index contributed by atoms with van der Waals surface area (Å²) in [6.45, 7) is 2.00. The molecule has 0 saturated carbocycles. The second-order valence-electron chi connectivity index (χ2n) is 4.88. The molecule has 1 aliphatic rings. The molecule has 1 aromatic heterocycles. The molecule has 2 amide bonds. The zero-order valence-corrected chi connectivity index (χ0v) is 11.2. The first-order valence-electron chi connectivity index (χ1n) is 6.34. The number of nitrogens with one attached hydrogen (secondary N) is 2. The van der Waals surface area contributed by atoms with Gasteiger partial charge in [-0.25, -0.2) is 9.89 Å². The van der Waals surface area contributed by atoms with Gasteiger partial charge in [-0.15, -0.1) is 0 Å². The number of amides is 2. The molecule has 1 aromatic rings. The molecule has 2 rings (SSSR count). The lowest BCUT2D eigenvalue weighted by atomic mass is 10.0. The molecule has 1 aliphatic heterocycles. The van der Waals surface area contributed by atoms with Crippen molar-refractivity contribution in [2.75, 3.05) is 32.5 Å². The van der Waals surface area contributed by atoms with Gasteiger partial charge in [-0.3, -0.25) is 10.1 Å². The molecule has 104 valence electrons. The van der Waals surface area contributed by atoms with Crippen LogP contribution in [0.2, 0.25) is 0 Å². The van der Waals surface area contributed by atoms with Crippen LogP contribution in [0, 0.1) is 0 Å². The van der Waals surface area contributed by atoms with Crippen molar-refractivity contribution in [1.29, 1.82) is 0 Å². The Morgan fingerprint density at radius 1 is 1.47 bits per heavy atom. The summed E-state index contributed by atoms with van der Waals surface area (Å²) in [5.74, 6) is 0.351. The van der Waals surface area contributed by atoms with Crippen molar-refractivity contribution >= 4 is 11.8 Å². The SMILES string of the molecule is CN1CCC(N(C)C(=O)Nc2ccc(=O)[nH]n2)CC1. The topological polar surface area (TPSA) is 81.3 Å². The third-order valence-corrected chi connectivity index (χ3v) is 3.47. The molecule has 0 aliphatic carbocycles. The van der Waals surface area contributed by atoms with Gasteiger partial charge in [0.25, 0.3) is 5.56 Å². The van der Waals surface area contributed by atoms with Gasteiger partial charge in [-0.1, -0.05) is 0 Å². The van der Waals surface area contributed by atoms with E-state index in [0.717, 1.165) is 25.9 Å². The molecule has 2 N–H and O–H groups in total. The van der Waals surface area contributed by atoms with Crippen molar-refractivity contribution in [3.63, 3.8) is 0 Å². The zero-order chi connectivity index (χ0) is 13.8. The number of likely N-dealkylation sites (tertiary alicyclic amines) is 1. The Morgan fingerprint density at radius 2 is 2.16 bits per heavy atom. The summed E-state index contributed by atoms with van der Waals surface area (Å²) in [4.78, 5) is 26.9. The molecular formula is C12H19N5O2. The summed E-state index contributed by atoms with van der Waals surface area (Å²) in [5.41, 5.74) is -0.290. The van der Waals surface area contributed by atoms with E-state index in [2.05, 4.69) is 27.5 Å². The van der Waals surface area contributed by atoms with Gasteiger partial charge >= 0.3 is 6.03 Å². The highest BCUT2D eigenvalue weighted by Crippen LogP contribution is 2.14. The fourth-order valence-corrected chi connectivity index (χ4v) is 2.16. The lowest BCUT2D eigenvalue weighted by Gasteiger charge is -2.34. The number of carbonyl (C=O) groups excluding carboxylic acids is 1. The largest absolute Gasteiger partial charge is 0.324 e. The molecule has 7 nitrogen and oxygen atoms in total. The Hall–Kier alpha value is -1.89. The van der Waals surface area contributed by atoms with E-state index in [1.54, 1.807) is 11.9 Å². The van der Waals surface area contributed by atoms with Crippen LogP contribution in [0.3, 0.4) is 0 Å². The summed E-state index contributed by atoms with van der Waals surface area (Å²) in [6, 6.07) is 2.87. The highest BCUT2D eigenvalue weighted by atomic mass is 16.2. The molecule has 1 fully saturated rings. The van der Waals surface area contributed by atoms with E-state index in [0.29, 0.717) is 5.82 Å². The molecule has 0 aromatic carbocycles. The van der Waals surface area contributed by atoms with Gasteiger partial charge < -0.3 is 9.80 Å². The van der Waals surface area contributed by atoms with Crippen LogP contribution in [0.1, 0.15) is 12.8 Å². The van der Waals surface area contributed by atoms with Gasteiger partial charge in [0.15, 0.2) is 5.82 Å². The van der Waals surface area contributed by atoms with E-state index < -0.39 is 0 Å². The second kappa shape index (κ2) is 5.83. The van der Waals surface area contributed by atoms with Crippen molar-refractivity contribution < 1.29 is 4.79 Å². The maximum atomic E-state index is 12.0. The fraction of sp³-hybridized carbons (Fsp3) is 0.583. The average Bonchev–Trinajstić information content (AvgIpc) is 2.41. The van der Waals surface area contributed by atoms with Crippen molar-refractivity contribution in [2.45, 2.75) is 18.9 Å². The monoisotopic (exact) mass is 265 g/mol. The summed E-state index contributed by atoms with van der Waals surface area (Å²) < 4.78 is 0. The molecule has 0 spiro atoms. The minimum atomic E-state index is -0.290. The average molecular weight is 265 g/mol. The molecule has 2 heterocycles.